The van der Waals surface area contributed by atoms with Crippen molar-refractivity contribution in [2.45, 2.75) is 38.9 Å². The second kappa shape index (κ2) is 8.23. The van der Waals surface area contributed by atoms with Gasteiger partial charge in [0.05, 0.1) is 5.75 Å². The molecule has 1 heterocycles. The molecule has 0 saturated carbocycles. The molecule has 2 aromatic carbocycles. The highest BCUT2D eigenvalue weighted by Crippen LogP contribution is 2.20. The maximum atomic E-state index is 12.4. The van der Waals surface area contributed by atoms with Gasteiger partial charge in [0.1, 0.15) is 0 Å². The highest BCUT2D eigenvalue weighted by Gasteiger charge is 2.14. The summed E-state index contributed by atoms with van der Waals surface area (Å²) in [6, 6.07) is 14.4. The molecular weight excluding hydrogens is 344 g/mol. The van der Waals surface area contributed by atoms with Crippen LogP contribution in [0.5, 0.6) is 0 Å². The van der Waals surface area contributed by atoms with Gasteiger partial charge in [-0.25, -0.2) is 13.1 Å². The minimum atomic E-state index is -3.32. The monoisotopic (exact) mass is 372 g/mol. The van der Waals surface area contributed by atoms with Crippen LogP contribution in [0.25, 0.3) is 0 Å². The Kier molecular flexibility index (Phi) is 5.99. The Balaban J connectivity index is 1.52. The predicted molar refractivity (Wildman–Crippen MR) is 108 cm³/mol. The summed E-state index contributed by atoms with van der Waals surface area (Å²) in [4.78, 5) is 2.40. The van der Waals surface area contributed by atoms with Crippen LogP contribution in [-0.2, 0) is 22.2 Å². The van der Waals surface area contributed by atoms with Gasteiger partial charge in [-0.3, -0.25) is 0 Å². The average molecular weight is 373 g/mol. The van der Waals surface area contributed by atoms with Crippen molar-refractivity contribution in [3.63, 3.8) is 0 Å². The van der Waals surface area contributed by atoms with E-state index in [1.807, 2.05) is 32.0 Å². The normalized spacial score (nSPS) is 14.8. The van der Waals surface area contributed by atoms with Crippen molar-refractivity contribution in [2.75, 3.05) is 24.5 Å². The summed E-state index contributed by atoms with van der Waals surface area (Å²) in [7, 11) is -3.32. The lowest BCUT2D eigenvalue weighted by molar-refractivity contribution is 0.580. The van der Waals surface area contributed by atoms with Gasteiger partial charge in [-0.05, 0) is 61.9 Å². The Morgan fingerprint density at radius 3 is 2.38 bits per heavy atom. The molecule has 0 aromatic heterocycles. The van der Waals surface area contributed by atoms with E-state index < -0.39 is 10.0 Å². The van der Waals surface area contributed by atoms with Gasteiger partial charge in [0.25, 0.3) is 0 Å². The molecule has 3 rings (SSSR count). The number of aryl methyl sites for hydroxylation is 2. The van der Waals surface area contributed by atoms with Crippen molar-refractivity contribution in [2.24, 2.45) is 0 Å². The summed E-state index contributed by atoms with van der Waals surface area (Å²) in [5.74, 6) is 0.0361. The molecule has 1 saturated heterocycles. The van der Waals surface area contributed by atoms with Crippen molar-refractivity contribution >= 4 is 15.7 Å². The molecule has 1 fully saturated rings. The minimum Gasteiger partial charge on any atom is -0.372 e. The van der Waals surface area contributed by atoms with Crippen molar-refractivity contribution in [3.8, 4) is 0 Å². The highest BCUT2D eigenvalue weighted by atomic mass is 32.2. The van der Waals surface area contributed by atoms with Crippen LogP contribution in [0.1, 0.15) is 35.1 Å². The second-order valence-electron chi connectivity index (χ2n) is 7.19. The van der Waals surface area contributed by atoms with Gasteiger partial charge in [0.2, 0.25) is 10.0 Å². The number of hydrogen-bond donors (Lipinski definition) is 1. The molecule has 0 radical (unpaired) electrons. The average Bonchev–Trinajstić information content (AvgIpc) is 3.13. The van der Waals surface area contributed by atoms with E-state index in [9.17, 15) is 8.42 Å². The van der Waals surface area contributed by atoms with E-state index in [-0.39, 0.29) is 5.75 Å². The topological polar surface area (TPSA) is 49.4 Å². The Morgan fingerprint density at radius 2 is 1.69 bits per heavy atom. The molecule has 0 aliphatic carbocycles. The molecule has 5 heteroatoms. The maximum Gasteiger partial charge on any atom is 0.215 e. The van der Waals surface area contributed by atoms with Crippen molar-refractivity contribution in [1.82, 2.24) is 4.72 Å². The summed E-state index contributed by atoms with van der Waals surface area (Å²) < 4.78 is 27.5. The van der Waals surface area contributed by atoms with E-state index in [1.165, 1.54) is 18.5 Å². The number of benzene rings is 2. The number of hydrogen-bond acceptors (Lipinski definition) is 3. The van der Waals surface area contributed by atoms with E-state index >= 15 is 0 Å². The predicted octanol–water partition coefficient (Wildman–Crippen LogP) is 3.57. The first-order valence-corrected chi connectivity index (χ1v) is 11.0. The minimum absolute atomic E-state index is 0.0361. The van der Waals surface area contributed by atoms with Crippen LogP contribution < -0.4 is 9.62 Å². The lowest BCUT2D eigenvalue weighted by Crippen LogP contribution is -2.27. The molecule has 2 aromatic rings. The van der Waals surface area contributed by atoms with Crippen LogP contribution in [0, 0.1) is 13.8 Å². The van der Waals surface area contributed by atoms with Crippen LogP contribution >= 0.6 is 0 Å². The first kappa shape index (κ1) is 18.9. The van der Waals surface area contributed by atoms with Gasteiger partial charge in [-0.2, -0.15) is 0 Å². The fourth-order valence-electron chi connectivity index (χ4n) is 3.41. The van der Waals surface area contributed by atoms with E-state index in [0.29, 0.717) is 13.0 Å². The van der Waals surface area contributed by atoms with Gasteiger partial charge >= 0.3 is 0 Å². The second-order valence-corrected chi connectivity index (χ2v) is 9.00. The largest absolute Gasteiger partial charge is 0.372 e. The quantitative estimate of drug-likeness (QED) is 0.808. The Labute approximate surface area is 157 Å². The van der Waals surface area contributed by atoms with E-state index in [4.69, 9.17) is 0 Å². The number of anilines is 1. The smallest absolute Gasteiger partial charge is 0.215 e. The Bertz CT molecular complexity index is 839. The van der Waals surface area contributed by atoms with Gasteiger partial charge in [-0.1, -0.05) is 35.9 Å². The van der Waals surface area contributed by atoms with E-state index in [2.05, 4.69) is 33.9 Å². The molecule has 1 aliphatic rings. The number of sulfonamides is 1. The van der Waals surface area contributed by atoms with Gasteiger partial charge < -0.3 is 4.90 Å². The number of nitrogens with one attached hydrogen (secondary N) is 1. The van der Waals surface area contributed by atoms with Gasteiger partial charge in [0, 0.05) is 25.3 Å². The molecule has 1 aliphatic heterocycles. The van der Waals surface area contributed by atoms with Crippen molar-refractivity contribution in [1.29, 1.82) is 0 Å². The zero-order valence-electron chi connectivity index (χ0n) is 15.7. The maximum absolute atomic E-state index is 12.4. The summed E-state index contributed by atoms with van der Waals surface area (Å²) in [6.45, 7) is 6.63. The molecule has 0 bridgehead atoms. The summed E-state index contributed by atoms with van der Waals surface area (Å²) in [5, 5.41) is 0. The fraction of sp³-hybridized carbons (Fsp3) is 0.429. The third-order valence-electron chi connectivity index (χ3n) is 4.99. The van der Waals surface area contributed by atoms with Crippen LogP contribution in [0.2, 0.25) is 0 Å². The van der Waals surface area contributed by atoms with Gasteiger partial charge in [0.15, 0.2) is 0 Å². The zero-order chi connectivity index (χ0) is 18.6. The molecule has 4 nitrogen and oxygen atoms in total. The summed E-state index contributed by atoms with van der Waals surface area (Å²) >= 11 is 0. The van der Waals surface area contributed by atoms with Crippen LogP contribution in [0.4, 0.5) is 5.69 Å². The van der Waals surface area contributed by atoms with Crippen molar-refractivity contribution < 1.29 is 8.42 Å². The highest BCUT2D eigenvalue weighted by molar-refractivity contribution is 7.88. The third-order valence-corrected chi connectivity index (χ3v) is 6.33. The molecule has 0 amide bonds. The molecule has 26 heavy (non-hydrogen) atoms. The Hall–Kier alpha value is -1.85. The standard InChI is InChI=1S/C21H28N2O2S/c1-17-5-6-18(2)20(15-17)16-26(24,25)22-12-11-19-7-9-21(10-8-19)23-13-3-4-14-23/h5-10,15,22H,3-4,11-14,16H2,1-2H3. The SMILES string of the molecule is Cc1ccc(C)c(CS(=O)(=O)NCCc2ccc(N3CCCC3)cc2)c1. The van der Waals surface area contributed by atoms with Gasteiger partial charge in [-0.15, -0.1) is 0 Å². The number of rotatable bonds is 7. The molecular formula is C21H28N2O2S. The molecule has 1 N–H and O–H groups in total. The van der Waals surface area contributed by atoms with Crippen molar-refractivity contribution in [3.05, 3.63) is 64.7 Å². The lowest BCUT2D eigenvalue weighted by atomic mass is 10.1. The first-order valence-electron chi connectivity index (χ1n) is 9.30. The summed E-state index contributed by atoms with van der Waals surface area (Å²) in [6.07, 6.45) is 3.24. The zero-order valence-corrected chi connectivity index (χ0v) is 16.5. The fourth-order valence-corrected chi connectivity index (χ4v) is 4.65. The van der Waals surface area contributed by atoms with E-state index in [0.717, 1.165) is 35.3 Å². The lowest BCUT2D eigenvalue weighted by Gasteiger charge is -2.17. The molecule has 0 atom stereocenters. The molecule has 0 unspecified atom stereocenters. The molecule has 140 valence electrons. The summed E-state index contributed by atoms with van der Waals surface area (Å²) in [5.41, 5.74) is 5.38. The third kappa shape index (κ3) is 5.08. The van der Waals surface area contributed by atoms with E-state index in [1.54, 1.807) is 0 Å². The molecule has 0 spiro atoms. The number of nitrogens with zero attached hydrogens (tertiary/aromatic N) is 1. The van der Waals surface area contributed by atoms with Crippen LogP contribution in [-0.4, -0.2) is 28.1 Å². The Morgan fingerprint density at radius 1 is 1.00 bits per heavy atom. The van der Waals surface area contributed by atoms with Crippen LogP contribution in [0.3, 0.4) is 0 Å². The first-order chi connectivity index (χ1) is 12.4. The van der Waals surface area contributed by atoms with Crippen LogP contribution in [0.15, 0.2) is 42.5 Å².